The Labute approximate surface area is 120 Å². The zero-order valence-electron chi connectivity index (χ0n) is 12.4. The highest BCUT2D eigenvalue weighted by Crippen LogP contribution is 2.22. The third-order valence-corrected chi connectivity index (χ3v) is 3.32. The number of carbonyl (C=O) groups is 2. The van der Waals surface area contributed by atoms with Gasteiger partial charge in [-0.2, -0.15) is 0 Å². The molecule has 1 saturated heterocycles. The number of rotatable bonds is 2. The minimum atomic E-state index is -0.0449. The molecule has 0 bridgehead atoms. The zero-order valence-corrected chi connectivity index (χ0v) is 12.4. The Morgan fingerprint density at radius 3 is 2.35 bits per heavy atom. The van der Waals surface area contributed by atoms with Crippen LogP contribution in [0.3, 0.4) is 0 Å². The number of benzene rings is 1. The lowest BCUT2D eigenvalue weighted by Gasteiger charge is -2.35. The van der Waals surface area contributed by atoms with Crippen molar-refractivity contribution in [1.29, 1.82) is 0 Å². The van der Waals surface area contributed by atoms with Crippen LogP contribution in [0.25, 0.3) is 0 Å². The van der Waals surface area contributed by atoms with Gasteiger partial charge in [-0.1, -0.05) is 39.0 Å². The topological polar surface area (TPSA) is 40.6 Å². The first kappa shape index (κ1) is 14.6. The highest BCUT2D eigenvalue weighted by Gasteiger charge is 2.29. The van der Waals surface area contributed by atoms with Gasteiger partial charge >= 0.3 is 0 Å². The molecule has 0 N–H and O–H groups in total. The lowest BCUT2D eigenvalue weighted by atomic mass is 9.91. The monoisotopic (exact) mass is 274 g/mol. The molecule has 0 radical (unpaired) electrons. The van der Waals surface area contributed by atoms with Gasteiger partial charge in [0, 0.05) is 25.2 Å². The van der Waals surface area contributed by atoms with E-state index in [1.54, 1.807) is 9.80 Å². The summed E-state index contributed by atoms with van der Waals surface area (Å²) < 4.78 is 0. The number of nitrogens with zero attached hydrogens (tertiary/aromatic N) is 2. The van der Waals surface area contributed by atoms with Gasteiger partial charge in [0.05, 0.1) is 0 Å². The van der Waals surface area contributed by atoms with Gasteiger partial charge in [0.25, 0.3) is 0 Å². The van der Waals surface area contributed by atoms with Crippen molar-refractivity contribution in [2.24, 2.45) is 5.41 Å². The number of para-hydroxylation sites is 1. The summed E-state index contributed by atoms with van der Waals surface area (Å²) in [6.45, 7) is 7.46. The van der Waals surface area contributed by atoms with Crippen molar-refractivity contribution in [1.82, 2.24) is 4.90 Å². The van der Waals surface area contributed by atoms with Crippen molar-refractivity contribution in [3.05, 3.63) is 30.3 Å². The predicted octanol–water partition coefficient (Wildman–Crippen LogP) is 2.30. The lowest BCUT2D eigenvalue weighted by Crippen LogP contribution is -2.52. The van der Waals surface area contributed by atoms with Crippen molar-refractivity contribution in [3.63, 3.8) is 0 Å². The van der Waals surface area contributed by atoms with Crippen LogP contribution in [0.1, 0.15) is 27.2 Å². The fourth-order valence-electron chi connectivity index (χ4n) is 2.33. The van der Waals surface area contributed by atoms with E-state index in [9.17, 15) is 9.59 Å². The molecule has 2 rings (SSSR count). The Balaban J connectivity index is 1.99. The Morgan fingerprint density at radius 2 is 1.80 bits per heavy atom. The van der Waals surface area contributed by atoms with E-state index in [1.165, 1.54) is 0 Å². The zero-order chi connectivity index (χ0) is 14.8. The van der Waals surface area contributed by atoms with Gasteiger partial charge in [-0.3, -0.25) is 9.59 Å². The Morgan fingerprint density at radius 1 is 1.15 bits per heavy atom. The molecule has 1 aliphatic rings. The first-order chi connectivity index (χ1) is 9.37. The number of hydrogen-bond acceptors (Lipinski definition) is 2. The second-order valence-corrected chi connectivity index (χ2v) is 6.43. The molecule has 1 fully saturated rings. The van der Waals surface area contributed by atoms with Gasteiger partial charge in [0.15, 0.2) is 0 Å². The summed E-state index contributed by atoms with van der Waals surface area (Å²) in [6.07, 6.45) is 0.478. The van der Waals surface area contributed by atoms with Crippen molar-refractivity contribution in [3.8, 4) is 0 Å². The minimum absolute atomic E-state index is 0.00953. The van der Waals surface area contributed by atoms with Crippen LogP contribution in [-0.4, -0.2) is 36.3 Å². The molecule has 0 aromatic heterocycles. The quantitative estimate of drug-likeness (QED) is 0.830. The molecule has 108 valence electrons. The number of hydrogen-bond donors (Lipinski definition) is 0. The normalized spacial score (nSPS) is 16.4. The van der Waals surface area contributed by atoms with Crippen LogP contribution in [-0.2, 0) is 9.59 Å². The van der Waals surface area contributed by atoms with Crippen LogP contribution >= 0.6 is 0 Å². The highest BCUT2D eigenvalue weighted by atomic mass is 16.2. The Bertz CT molecular complexity index is 491. The Kier molecular flexibility index (Phi) is 4.12. The van der Waals surface area contributed by atoms with Crippen molar-refractivity contribution in [2.45, 2.75) is 27.2 Å². The second-order valence-electron chi connectivity index (χ2n) is 6.43. The first-order valence-electron chi connectivity index (χ1n) is 7.00. The van der Waals surface area contributed by atoms with Crippen LogP contribution in [0, 0.1) is 5.41 Å². The molecule has 0 unspecified atom stereocenters. The van der Waals surface area contributed by atoms with E-state index in [1.807, 2.05) is 51.1 Å². The molecule has 0 spiro atoms. The molecule has 1 aromatic carbocycles. The second kappa shape index (κ2) is 5.65. The van der Waals surface area contributed by atoms with Gasteiger partial charge in [-0.25, -0.2) is 0 Å². The van der Waals surface area contributed by atoms with Gasteiger partial charge in [0.1, 0.15) is 6.54 Å². The summed E-state index contributed by atoms with van der Waals surface area (Å²) in [4.78, 5) is 27.8. The van der Waals surface area contributed by atoms with Crippen molar-refractivity contribution >= 4 is 17.5 Å². The summed E-state index contributed by atoms with van der Waals surface area (Å²) in [7, 11) is 0. The van der Waals surface area contributed by atoms with E-state index in [4.69, 9.17) is 0 Å². The SMILES string of the molecule is CC(C)(C)CC(=O)N1CCN(c2ccccc2)C(=O)C1. The van der Waals surface area contributed by atoms with E-state index in [0.29, 0.717) is 19.5 Å². The molecule has 1 aliphatic heterocycles. The Hall–Kier alpha value is -1.84. The van der Waals surface area contributed by atoms with Gasteiger partial charge in [-0.15, -0.1) is 0 Å². The highest BCUT2D eigenvalue weighted by molar-refractivity contribution is 5.97. The number of carbonyl (C=O) groups excluding carboxylic acids is 2. The van der Waals surface area contributed by atoms with Gasteiger partial charge in [0.2, 0.25) is 11.8 Å². The first-order valence-corrected chi connectivity index (χ1v) is 7.00. The summed E-state index contributed by atoms with van der Waals surface area (Å²) in [5.41, 5.74) is 0.858. The van der Waals surface area contributed by atoms with E-state index in [2.05, 4.69) is 0 Å². The van der Waals surface area contributed by atoms with Gasteiger partial charge < -0.3 is 9.80 Å². The molecule has 0 atom stereocenters. The van der Waals surface area contributed by atoms with Gasteiger partial charge in [-0.05, 0) is 17.5 Å². The summed E-state index contributed by atoms with van der Waals surface area (Å²) in [5.74, 6) is 0.0586. The maximum atomic E-state index is 12.2. The average Bonchev–Trinajstić information content (AvgIpc) is 2.37. The molecule has 0 saturated carbocycles. The molecular weight excluding hydrogens is 252 g/mol. The fourth-order valence-corrected chi connectivity index (χ4v) is 2.33. The smallest absolute Gasteiger partial charge is 0.246 e. The molecule has 1 heterocycles. The van der Waals surface area contributed by atoms with Crippen LogP contribution in [0.4, 0.5) is 5.69 Å². The lowest BCUT2D eigenvalue weighted by molar-refractivity contribution is -0.138. The van der Waals surface area contributed by atoms with E-state index in [-0.39, 0.29) is 23.8 Å². The van der Waals surface area contributed by atoms with E-state index >= 15 is 0 Å². The van der Waals surface area contributed by atoms with Crippen LogP contribution < -0.4 is 4.90 Å². The average molecular weight is 274 g/mol. The maximum Gasteiger partial charge on any atom is 0.246 e. The number of amides is 2. The van der Waals surface area contributed by atoms with E-state index < -0.39 is 0 Å². The van der Waals surface area contributed by atoms with Crippen LogP contribution in [0.2, 0.25) is 0 Å². The van der Waals surface area contributed by atoms with Crippen LogP contribution in [0.15, 0.2) is 30.3 Å². The largest absolute Gasteiger partial charge is 0.332 e. The number of anilines is 1. The maximum absolute atomic E-state index is 12.2. The predicted molar refractivity (Wildman–Crippen MR) is 79.4 cm³/mol. The molecule has 1 aromatic rings. The van der Waals surface area contributed by atoms with E-state index in [0.717, 1.165) is 5.69 Å². The summed E-state index contributed by atoms with van der Waals surface area (Å²) in [5, 5.41) is 0. The third-order valence-electron chi connectivity index (χ3n) is 3.32. The van der Waals surface area contributed by atoms with Crippen LogP contribution in [0.5, 0.6) is 0 Å². The molecule has 4 nitrogen and oxygen atoms in total. The van der Waals surface area contributed by atoms with Crippen molar-refractivity contribution in [2.75, 3.05) is 24.5 Å². The third kappa shape index (κ3) is 3.59. The summed E-state index contributed by atoms with van der Waals surface area (Å²) >= 11 is 0. The van der Waals surface area contributed by atoms with Crippen molar-refractivity contribution < 1.29 is 9.59 Å². The molecule has 2 amide bonds. The molecule has 4 heteroatoms. The molecule has 0 aliphatic carbocycles. The number of piperazine rings is 1. The summed E-state index contributed by atoms with van der Waals surface area (Å²) in [6, 6.07) is 9.60. The molecular formula is C16H22N2O2. The fraction of sp³-hybridized carbons (Fsp3) is 0.500. The molecule has 20 heavy (non-hydrogen) atoms. The minimum Gasteiger partial charge on any atom is -0.332 e. The standard InChI is InChI=1S/C16H22N2O2/c1-16(2,3)11-14(19)17-9-10-18(15(20)12-17)13-7-5-4-6-8-13/h4-8H,9-12H2,1-3H3.